The van der Waals surface area contributed by atoms with Gasteiger partial charge >= 0.3 is 0 Å². The smallest absolute Gasteiger partial charge is 0.266 e. The Morgan fingerprint density at radius 1 is 1.29 bits per heavy atom. The van der Waals surface area contributed by atoms with Gasteiger partial charge in [0.1, 0.15) is 0 Å². The van der Waals surface area contributed by atoms with Gasteiger partial charge in [-0.25, -0.2) is 8.42 Å². The Balaban J connectivity index is 2.26. The van der Waals surface area contributed by atoms with Gasteiger partial charge in [0.05, 0.1) is 9.77 Å². The highest BCUT2D eigenvalue weighted by atomic mass is 32.2. The van der Waals surface area contributed by atoms with E-state index in [0.29, 0.717) is 10.6 Å². The summed E-state index contributed by atoms with van der Waals surface area (Å²) < 4.78 is 23.0. The van der Waals surface area contributed by atoms with Crippen molar-refractivity contribution in [1.82, 2.24) is 0 Å². The van der Waals surface area contributed by atoms with E-state index in [1.807, 2.05) is 18.4 Å². The normalized spacial score (nSPS) is 11.4. The Bertz CT molecular complexity index is 776. The molecule has 1 aromatic heterocycles. The second kappa shape index (κ2) is 5.99. The highest BCUT2D eigenvalue weighted by Crippen LogP contribution is 2.23. The Morgan fingerprint density at radius 2 is 2.00 bits per heavy atom. The van der Waals surface area contributed by atoms with Gasteiger partial charge in [0.25, 0.3) is 5.91 Å². The first-order valence-electron chi connectivity index (χ1n) is 6.51. The molecule has 0 radical (unpaired) electrons. The van der Waals surface area contributed by atoms with Crippen LogP contribution < -0.4 is 5.32 Å². The lowest BCUT2D eigenvalue weighted by molar-refractivity contribution is 0.102. The average molecular weight is 323 g/mol. The molecule has 0 spiro atoms. The van der Waals surface area contributed by atoms with Crippen molar-refractivity contribution in [2.24, 2.45) is 0 Å². The molecule has 0 saturated carbocycles. The number of thiophene rings is 1. The van der Waals surface area contributed by atoms with Crippen LogP contribution in [0.2, 0.25) is 0 Å². The molecule has 2 aromatic rings. The topological polar surface area (TPSA) is 63.2 Å². The van der Waals surface area contributed by atoms with Crippen LogP contribution in [0.25, 0.3) is 0 Å². The quantitative estimate of drug-likeness (QED) is 0.939. The molecule has 0 unspecified atom stereocenters. The maximum absolute atomic E-state index is 12.3. The Kier molecular flexibility index (Phi) is 4.49. The summed E-state index contributed by atoms with van der Waals surface area (Å²) in [5.41, 5.74) is 2.37. The molecule has 1 N–H and O–H groups in total. The summed E-state index contributed by atoms with van der Waals surface area (Å²) in [5.74, 6) is -0.156. The van der Waals surface area contributed by atoms with E-state index >= 15 is 0 Å². The molecule has 1 aromatic carbocycles. The first-order valence-corrected chi connectivity index (χ1v) is 9.28. The highest BCUT2D eigenvalue weighted by Gasteiger charge is 2.14. The van der Waals surface area contributed by atoms with Crippen molar-refractivity contribution in [2.45, 2.75) is 25.2 Å². The molecule has 4 nitrogen and oxygen atoms in total. The number of hydrogen-bond acceptors (Lipinski definition) is 4. The highest BCUT2D eigenvalue weighted by molar-refractivity contribution is 7.90. The van der Waals surface area contributed by atoms with Gasteiger partial charge in [-0.15, -0.1) is 11.3 Å². The molecule has 0 fully saturated rings. The number of aryl methyl sites for hydroxylation is 2. The van der Waals surface area contributed by atoms with Gasteiger partial charge in [0.15, 0.2) is 9.84 Å². The number of sulfone groups is 1. The molecule has 0 atom stereocenters. The molecule has 0 aliphatic carbocycles. The van der Waals surface area contributed by atoms with Gasteiger partial charge in [-0.05, 0) is 54.1 Å². The minimum Gasteiger partial charge on any atom is -0.321 e. The number of rotatable bonds is 4. The minimum atomic E-state index is -3.24. The minimum absolute atomic E-state index is 0.156. The predicted molar refractivity (Wildman–Crippen MR) is 85.9 cm³/mol. The molecule has 2 rings (SSSR count). The monoisotopic (exact) mass is 323 g/mol. The van der Waals surface area contributed by atoms with Crippen LogP contribution in [-0.4, -0.2) is 20.6 Å². The molecule has 6 heteroatoms. The lowest BCUT2D eigenvalue weighted by Gasteiger charge is -2.10. The number of nitrogens with one attached hydrogen (secondary N) is 1. The Hall–Kier alpha value is -1.66. The van der Waals surface area contributed by atoms with Gasteiger partial charge in [-0.2, -0.15) is 0 Å². The third-order valence-electron chi connectivity index (χ3n) is 3.21. The predicted octanol–water partition coefficient (Wildman–Crippen LogP) is 3.27. The Labute approximate surface area is 128 Å². The summed E-state index contributed by atoms with van der Waals surface area (Å²) in [6.07, 6.45) is 1.97. The maximum Gasteiger partial charge on any atom is 0.266 e. The molecular formula is C15H17NO3S2. The van der Waals surface area contributed by atoms with E-state index in [2.05, 4.69) is 5.32 Å². The molecule has 0 saturated heterocycles. The average Bonchev–Trinajstić information content (AvgIpc) is 2.88. The molecule has 0 bridgehead atoms. The molecule has 0 aliphatic heterocycles. The van der Waals surface area contributed by atoms with Crippen LogP contribution in [0, 0.1) is 6.92 Å². The van der Waals surface area contributed by atoms with Crippen molar-refractivity contribution >= 4 is 32.8 Å². The third-order valence-corrected chi connectivity index (χ3v) is 5.27. The van der Waals surface area contributed by atoms with Gasteiger partial charge < -0.3 is 5.32 Å². The number of carbonyl (C=O) groups is 1. The molecule has 112 valence electrons. The van der Waals surface area contributed by atoms with Crippen molar-refractivity contribution in [2.75, 3.05) is 11.6 Å². The SMILES string of the molecule is CCc1ccsc1C(=O)Nc1ccc(S(C)(=O)=O)cc1C. The zero-order valence-corrected chi connectivity index (χ0v) is 13.8. The second-order valence-corrected chi connectivity index (χ2v) is 7.76. The lowest BCUT2D eigenvalue weighted by atomic mass is 10.1. The third kappa shape index (κ3) is 3.51. The van der Waals surface area contributed by atoms with E-state index in [1.54, 1.807) is 19.1 Å². The van der Waals surface area contributed by atoms with Crippen molar-refractivity contribution in [3.8, 4) is 0 Å². The lowest BCUT2D eigenvalue weighted by Crippen LogP contribution is -2.13. The van der Waals surface area contributed by atoms with Crippen molar-refractivity contribution in [3.05, 3.63) is 45.6 Å². The van der Waals surface area contributed by atoms with Crippen LogP contribution in [0.4, 0.5) is 5.69 Å². The number of benzene rings is 1. The van der Waals surface area contributed by atoms with Gasteiger partial charge in [0.2, 0.25) is 0 Å². The standard InChI is InChI=1S/C15H17NO3S2/c1-4-11-7-8-20-14(11)15(17)16-13-6-5-12(9-10(13)2)21(3,18)19/h5-9H,4H2,1-3H3,(H,16,17). The van der Waals surface area contributed by atoms with Crippen molar-refractivity contribution < 1.29 is 13.2 Å². The first kappa shape index (κ1) is 15.7. The van der Waals surface area contributed by atoms with E-state index in [-0.39, 0.29) is 10.8 Å². The van der Waals surface area contributed by atoms with E-state index in [9.17, 15) is 13.2 Å². The summed E-state index contributed by atoms with van der Waals surface area (Å²) in [5, 5.41) is 4.74. The summed E-state index contributed by atoms with van der Waals surface area (Å²) in [6, 6.07) is 6.65. The summed E-state index contributed by atoms with van der Waals surface area (Å²) in [4.78, 5) is 13.2. The van der Waals surface area contributed by atoms with Crippen molar-refractivity contribution in [1.29, 1.82) is 0 Å². The molecule has 1 heterocycles. The fraction of sp³-hybridized carbons (Fsp3) is 0.267. The number of amides is 1. The maximum atomic E-state index is 12.3. The number of anilines is 1. The van der Waals surface area contributed by atoms with Crippen LogP contribution >= 0.6 is 11.3 Å². The number of carbonyl (C=O) groups excluding carboxylic acids is 1. The summed E-state index contributed by atoms with van der Waals surface area (Å²) >= 11 is 1.41. The van der Waals surface area contributed by atoms with Crippen LogP contribution in [0.1, 0.15) is 27.7 Å². The van der Waals surface area contributed by atoms with E-state index in [1.165, 1.54) is 23.7 Å². The molecule has 0 aliphatic rings. The van der Waals surface area contributed by atoms with Gasteiger partial charge in [-0.1, -0.05) is 6.92 Å². The van der Waals surface area contributed by atoms with Crippen molar-refractivity contribution in [3.63, 3.8) is 0 Å². The molecule has 21 heavy (non-hydrogen) atoms. The summed E-state index contributed by atoms with van der Waals surface area (Å²) in [7, 11) is -3.24. The second-order valence-electron chi connectivity index (χ2n) is 4.83. The largest absolute Gasteiger partial charge is 0.321 e. The van der Waals surface area contributed by atoms with Gasteiger partial charge in [-0.3, -0.25) is 4.79 Å². The zero-order chi connectivity index (χ0) is 15.6. The van der Waals surface area contributed by atoms with E-state index in [4.69, 9.17) is 0 Å². The van der Waals surface area contributed by atoms with E-state index in [0.717, 1.165) is 17.5 Å². The van der Waals surface area contributed by atoms with Crippen LogP contribution in [0.5, 0.6) is 0 Å². The fourth-order valence-electron chi connectivity index (χ4n) is 2.00. The molecule has 1 amide bonds. The van der Waals surface area contributed by atoms with Crippen LogP contribution in [0.15, 0.2) is 34.5 Å². The Morgan fingerprint density at radius 3 is 2.57 bits per heavy atom. The van der Waals surface area contributed by atoms with Gasteiger partial charge in [0, 0.05) is 11.9 Å². The first-order chi connectivity index (χ1) is 9.82. The zero-order valence-electron chi connectivity index (χ0n) is 12.1. The molecular weight excluding hydrogens is 306 g/mol. The van der Waals surface area contributed by atoms with Crippen LogP contribution in [-0.2, 0) is 16.3 Å². The fourth-order valence-corrected chi connectivity index (χ4v) is 3.60. The number of hydrogen-bond donors (Lipinski definition) is 1. The summed E-state index contributed by atoms with van der Waals surface area (Å²) in [6.45, 7) is 3.78. The van der Waals surface area contributed by atoms with E-state index < -0.39 is 9.84 Å². The van der Waals surface area contributed by atoms with Crippen LogP contribution in [0.3, 0.4) is 0 Å².